The SMILES string of the molecule is CC1CCCN(C(=O)/C(C#N)=C/c2ccc(O)cc2)C1. The quantitative estimate of drug-likeness (QED) is 0.663. The van der Waals surface area contributed by atoms with Gasteiger partial charge in [0.1, 0.15) is 17.4 Å². The van der Waals surface area contributed by atoms with Crippen molar-refractivity contribution >= 4 is 12.0 Å². The Hall–Kier alpha value is -2.28. The molecule has 1 atom stereocenters. The fraction of sp³-hybridized carbons (Fsp3) is 0.375. The third-order valence-corrected chi connectivity index (χ3v) is 3.50. The zero-order valence-corrected chi connectivity index (χ0v) is 11.5. The average molecular weight is 270 g/mol. The lowest BCUT2D eigenvalue weighted by molar-refractivity contribution is -0.128. The molecule has 1 saturated heterocycles. The first kappa shape index (κ1) is 14.1. The Kier molecular flexibility index (Phi) is 4.41. The first-order valence-corrected chi connectivity index (χ1v) is 6.80. The summed E-state index contributed by atoms with van der Waals surface area (Å²) < 4.78 is 0. The van der Waals surface area contributed by atoms with E-state index in [1.54, 1.807) is 23.1 Å². The molecule has 4 nitrogen and oxygen atoms in total. The van der Waals surface area contributed by atoms with E-state index >= 15 is 0 Å². The van der Waals surface area contributed by atoms with Crippen LogP contribution in [0.25, 0.3) is 6.08 Å². The van der Waals surface area contributed by atoms with Crippen molar-refractivity contribution in [2.24, 2.45) is 5.92 Å². The number of phenols is 1. The molecule has 20 heavy (non-hydrogen) atoms. The van der Waals surface area contributed by atoms with Gasteiger partial charge in [0.2, 0.25) is 0 Å². The Labute approximate surface area is 118 Å². The third kappa shape index (κ3) is 3.39. The third-order valence-electron chi connectivity index (χ3n) is 3.50. The van der Waals surface area contributed by atoms with Crippen LogP contribution in [0.1, 0.15) is 25.3 Å². The molecule has 1 unspecified atom stereocenters. The summed E-state index contributed by atoms with van der Waals surface area (Å²) in [6.07, 6.45) is 3.69. The van der Waals surface area contributed by atoms with Crippen LogP contribution in [0.5, 0.6) is 5.75 Å². The van der Waals surface area contributed by atoms with Crippen LogP contribution in [0.2, 0.25) is 0 Å². The van der Waals surface area contributed by atoms with Crippen molar-refractivity contribution in [2.45, 2.75) is 19.8 Å². The van der Waals surface area contributed by atoms with Crippen molar-refractivity contribution in [1.82, 2.24) is 4.90 Å². The predicted octanol–water partition coefficient (Wildman–Crippen LogP) is 2.56. The number of nitrogens with zero attached hydrogens (tertiary/aromatic N) is 2. The van der Waals surface area contributed by atoms with E-state index < -0.39 is 0 Å². The molecule has 1 N–H and O–H groups in total. The Morgan fingerprint density at radius 3 is 2.75 bits per heavy atom. The Morgan fingerprint density at radius 1 is 1.45 bits per heavy atom. The Morgan fingerprint density at radius 2 is 2.15 bits per heavy atom. The predicted molar refractivity (Wildman–Crippen MR) is 76.7 cm³/mol. The number of carbonyl (C=O) groups excluding carboxylic acids is 1. The summed E-state index contributed by atoms with van der Waals surface area (Å²) in [6, 6.07) is 8.42. The van der Waals surface area contributed by atoms with E-state index in [2.05, 4.69) is 6.92 Å². The second-order valence-electron chi connectivity index (χ2n) is 5.26. The molecule has 1 fully saturated rings. The van der Waals surface area contributed by atoms with Gasteiger partial charge < -0.3 is 10.0 Å². The van der Waals surface area contributed by atoms with E-state index in [0.29, 0.717) is 12.5 Å². The van der Waals surface area contributed by atoms with Crippen molar-refractivity contribution in [2.75, 3.05) is 13.1 Å². The average Bonchev–Trinajstić information content (AvgIpc) is 2.46. The first-order valence-electron chi connectivity index (χ1n) is 6.80. The van der Waals surface area contributed by atoms with Gasteiger partial charge in [-0.15, -0.1) is 0 Å². The van der Waals surface area contributed by atoms with Crippen molar-refractivity contribution < 1.29 is 9.90 Å². The molecule has 0 aliphatic carbocycles. The Balaban J connectivity index is 2.17. The highest BCUT2D eigenvalue weighted by Gasteiger charge is 2.23. The highest BCUT2D eigenvalue weighted by Crippen LogP contribution is 2.19. The maximum atomic E-state index is 12.3. The molecule has 0 bridgehead atoms. The zero-order valence-electron chi connectivity index (χ0n) is 11.5. The molecule has 1 aliphatic heterocycles. The van der Waals surface area contributed by atoms with Crippen LogP contribution in [0, 0.1) is 17.2 Å². The maximum Gasteiger partial charge on any atom is 0.264 e. The second-order valence-corrected chi connectivity index (χ2v) is 5.26. The summed E-state index contributed by atoms with van der Waals surface area (Å²) >= 11 is 0. The fourth-order valence-electron chi connectivity index (χ4n) is 2.42. The van der Waals surface area contributed by atoms with Crippen molar-refractivity contribution in [3.05, 3.63) is 35.4 Å². The molecule has 0 radical (unpaired) electrons. The lowest BCUT2D eigenvalue weighted by atomic mass is 9.99. The van der Waals surface area contributed by atoms with Crippen LogP contribution in [-0.4, -0.2) is 29.0 Å². The molecular weight excluding hydrogens is 252 g/mol. The lowest BCUT2D eigenvalue weighted by Gasteiger charge is -2.30. The molecular formula is C16H18N2O2. The molecule has 1 aromatic rings. The smallest absolute Gasteiger partial charge is 0.264 e. The minimum absolute atomic E-state index is 0.143. The number of rotatable bonds is 2. The van der Waals surface area contributed by atoms with Gasteiger partial charge in [-0.05, 0) is 42.5 Å². The highest BCUT2D eigenvalue weighted by atomic mass is 16.3. The largest absolute Gasteiger partial charge is 0.508 e. The maximum absolute atomic E-state index is 12.3. The molecule has 4 heteroatoms. The number of aromatic hydroxyl groups is 1. The van der Waals surface area contributed by atoms with Gasteiger partial charge in [-0.2, -0.15) is 5.26 Å². The van der Waals surface area contributed by atoms with E-state index in [9.17, 15) is 15.2 Å². The summed E-state index contributed by atoms with van der Waals surface area (Å²) in [5, 5.41) is 18.4. The normalized spacial score (nSPS) is 19.5. The standard InChI is InChI=1S/C16H18N2O2/c1-12-3-2-8-18(11-12)16(20)14(10-17)9-13-4-6-15(19)7-5-13/h4-7,9,12,19H,2-3,8,11H2,1H3/b14-9+. The van der Waals surface area contributed by atoms with Crippen LogP contribution in [0.3, 0.4) is 0 Å². The topological polar surface area (TPSA) is 64.3 Å². The molecule has 0 saturated carbocycles. The number of piperidine rings is 1. The number of nitriles is 1. The number of phenolic OH excluding ortho intramolecular Hbond substituents is 1. The van der Waals surface area contributed by atoms with E-state index in [1.807, 2.05) is 6.07 Å². The number of hydrogen-bond acceptors (Lipinski definition) is 3. The van der Waals surface area contributed by atoms with Crippen LogP contribution < -0.4 is 0 Å². The summed E-state index contributed by atoms with van der Waals surface area (Å²) in [5.74, 6) is 0.449. The highest BCUT2D eigenvalue weighted by molar-refractivity contribution is 6.01. The number of carbonyl (C=O) groups is 1. The fourth-order valence-corrected chi connectivity index (χ4v) is 2.42. The van der Waals surface area contributed by atoms with Gasteiger partial charge in [-0.25, -0.2) is 0 Å². The molecule has 0 aromatic heterocycles. The van der Waals surface area contributed by atoms with Gasteiger partial charge in [0, 0.05) is 13.1 Å². The van der Waals surface area contributed by atoms with E-state index in [1.165, 1.54) is 12.1 Å². The van der Waals surface area contributed by atoms with Crippen molar-refractivity contribution in [3.63, 3.8) is 0 Å². The molecule has 1 aliphatic rings. The molecule has 1 heterocycles. The molecule has 1 amide bonds. The molecule has 1 aromatic carbocycles. The van der Waals surface area contributed by atoms with E-state index in [-0.39, 0.29) is 17.2 Å². The Bertz CT molecular complexity index is 555. The minimum atomic E-state index is -0.202. The number of amides is 1. The first-order chi connectivity index (χ1) is 9.60. The van der Waals surface area contributed by atoms with Gasteiger partial charge in [0.05, 0.1) is 0 Å². The summed E-state index contributed by atoms with van der Waals surface area (Å²) in [7, 11) is 0. The summed E-state index contributed by atoms with van der Waals surface area (Å²) in [6.45, 7) is 3.56. The van der Waals surface area contributed by atoms with Crippen molar-refractivity contribution in [1.29, 1.82) is 5.26 Å². The van der Waals surface area contributed by atoms with Crippen LogP contribution in [0.4, 0.5) is 0 Å². The van der Waals surface area contributed by atoms with Crippen LogP contribution in [0.15, 0.2) is 29.8 Å². The van der Waals surface area contributed by atoms with Gasteiger partial charge in [0.25, 0.3) is 5.91 Å². The summed E-state index contributed by atoms with van der Waals surface area (Å²) in [5.41, 5.74) is 0.877. The van der Waals surface area contributed by atoms with Crippen LogP contribution >= 0.6 is 0 Å². The molecule has 2 rings (SSSR count). The minimum Gasteiger partial charge on any atom is -0.508 e. The monoisotopic (exact) mass is 270 g/mol. The van der Waals surface area contributed by atoms with Gasteiger partial charge in [0.15, 0.2) is 0 Å². The molecule has 104 valence electrons. The molecule has 0 spiro atoms. The number of likely N-dealkylation sites (tertiary alicyclic amines) is 1. The van der Waals surface area contributed by atoms with Crippen molar-refractivity contribution in [3.8, 4) is 11.8 Å². The second kappa shape index (κ2) is 6.25. The number of hydrogen-bond donors (Lipinski definition) is 1. The van der Waals surface area contributed by atoms with Gasteiger partial charge in [-0.1, -0.05) is 19.1 Å². The summed E-state index contributed by atoms with van der Waals surface area (Å²) in [4.78, 5) is 14.1. The number of benzene rings is 1. The van der Waals surface area contributed by atoms with E-state index in [0.717, 1.165) is 24.9 Å². The van der Waals surface area contributed by atoms with E-state index in [4.69, 9.17) is 0 Å². The zero-order chi connectivity index (χ0) is 14.5. The van der Waals surface area contributed by atoms with Gasteiger partial charge in [-0.3, -0.25) is 4.79 Å². The lowest BCUT2D eigenvalue weighted by Crippen LogP contribution is -2.39. The van der Waals surface area contributed by atoms with Gasteiger partial charge >= 0.3 is 0 Å². The van der Waals surface area contributed by atoms with Crippen LogP contribution in [-0.2, 0) is 4.79 Å².